The van der Waals surface area contributed by atoms with Gasteiger partial charge in [-0.25, -0.2) is 4.98 Å². The Balaban J connectivity index is 1.41. The van der Waals surface area contributed by atoms with Gasteiger partial charge in [0.15, 0.2) is 0 Å². The fourth-order valence-electron chi connectivity index (χ4n) is 3.81. The second-order valence-corrected chi connectivity index (χ2v) is 7.34. The lowest BCUT2D eigenvalue weighted by atomic mass is 10.0. The number of H-pyrrole nitrogens is 1. The maximum absolute atomic E-state index is 12.3. The molecule has 1 aliphatic rings. The van der Waals surface area contributed by atoms with Crippen molar-refractivity contribution in [3.05, 3.63) is 95.0 Å². The predicted octanol–water partition coefficient (Wildman–Crippen LogP) is 3.36. The molecule has 3 heterocycles. The number of likely N-dealkylation sites (tertiary alicyclic amines) is 1. The molecule has 0 bridgehead atoms. The molecule has 6 heteroatoms. The number of nitrogens with one attached hydrogen (secondary N) is 1. The Labute approximate surface area is 168 Å². The van der Waals surface area contributed by atoms with Gasteiger partial charge >= 0.3 is 0 Å². The minimum Gasteiger partial charge on any atom is -0.306 e. The molecule has 6 nitrogen and oxygen atoms in total. The summed E-state index contributed by atoms with van der Waals surface area (Å²) in [6.45, 7) is 2.74. The van der Waals surface area contributed by atoms with Crippen molar-refractivity contribution in [3.63, 3.8) is 0 Å². The zero-order valence-corrected chi connectivity index (χ0v) is 15.9. The van der Waals surface area contributed by atoms with Crippen LogP contribution in [0.1, 0.15) is 11.6 Å². The van der Waals surface area contributed by atoms with Gasteiger partial charge in [0.05, 0.1) is 11.7 Å². The lowest BCUT2D eigenvalue weighted by molar-refractivity contribution is 0.0910. The maximum atomic E-state index is 12.3. The zero-order valence-electron chi connectivity index (χ0n) is 15.9. The fraction of sp³-hybridized carbons (Fsp3) is 0.174. The van der Waals surface area contributed by atoms with Gasteiger partial charge in [0, 0.05) is 49.2 Å². The lowest BCUT2D eigenvalue weighted by Gasteiger charge is -2.39. The standard InChI is InChI=1S/C23H21N5O/c29-22-13-21(17-7-2-1-3-8-17)25-23(26-22)20-10-5-4-9-18(20)14-27-15-19(16-27)28-12-6-11-24-28/h1-13,19H,14-16H2,(H,25,26,29). The first-order valence-electron chi connectivity index (χ1n) is 9.73. The lowest BCUT2D eigenvalue weighted by Crippen LogP contribution is -2.47. The van der Waals surface area contributed by atoms with E-state index in [4.69, 9.17) is 4.98 Å². The highest BCUT2D eigenvalue weighted by atomic mass is 16.1. The molecule has 2 aromatic heterocycles. The molecule has 1 fully saturated rings. The highest BCUT2D eigenvalue weighted by Gasteiger charge is 2.28. The van der Waals surface area contributed by atoms with Crippen LogP contribution in [-0.4, -0.2) is 37.7 Å². The maximum Gasteiger partial charge on any atom is 0.251 e. The van der Waals surface area contributed by atoms with Crippen LogP contribution in [0.4, 0.5) is 0 Å². The van der Waals surface area contributed by atoms with E-state index in [1.54, 1.807) is 6.07 Å². The molecule has 0 amide bonds. The molecule has 0 radical (unpaired) electrons. The minimum absolute atomic E-state index is 0.147. The van der Waals surface area contributed by atoms with Crippen molar-refractivity contribution in [2.24, 2.45) is 0 Å². The Hall–Kier alpha value is -3.51. The van der Waals surface area contributed by atoms with Crippen LogP contribution in [-0.2, 0) is 6.54 Å². The summed E-state index contributed by atoms with van der Waals surface area (Å²) in [5.41, 5.74) is 3.58. The van der Waals surface area contributed by atoms with Crippen LogP contribution in [0.5, 0.6) is 0 Å². The first kappa shape index (κ1) is 17.6. The van der Waals surface area contributed by atoms with E-state index in [0.29, 0.717) is 17.6 Å². The topological polar surface area (TPSA) is 66.8 Å². The van der Waals surface area contributed by atoms with E-state index in [1.165, 1.54) is 0 Å². The van der Waals surface area contributed by atoms with Gasteiger partial charge in [0.2, 0.25) is 0 Å². The first-order chi connectivity index (χ1) is 14.3. The third-order valence-electron chi connectivity index (χ3n) is 5.31. The molecule has 0 atom stereocenters. The van der Waals surface area contributed by atoms with Crippen molar-refractivity contribution < 1.29 is 0 Å². The SMILES string of the molecule is O=c1cc(-c2ccccc2)nc(-c2ccccc2CN2CC(n3cccn3)C2)[nH]1. The quantitative estimate of drug-likeness (QED) is 0.574. The van der Waals surface area contributed by atoms with E-state index in [2.05, 4.69) is 21.0 Å². The highest BCUT2D eigenvalue weighted by Crippen LogP contribution is 2.27. The fourth-order valence-corrected chi connectivity index (χ4v) is 3.81. The summed E-state index contributed by atoms with van der Waals surface area (Å²) >= 11 is 0. The first-order valence-corrected chi connectivity index (χ1v) is 9.73. The smallest absolute Gasteiger partial charge is 0.251 e. The highest BCUT2D eigenvalue weighted by molar-refractivity contribution is 5.65. The predicted molar refractivity (Wildman–Crippen MR) is 112 cm³/mol. The Morgan fingerprint density at radius 1 is 1.00 bits per heavy atom. The summed E-state index contributed by atoms with van der Waals surface area (Å²) in [6, 6.07) is 21.9. The van der Waals surface area contributed by atoms with E-state index in [9.17, 15) is 4.79 Å². The van der Waals surface area contributed by atoms with Crippen LogP contribution in [0.3, 0.4) is 0 Å². The molecule has 2 aromatic carbocycles. The van der Waals surface area contributed by atoms with Gasteiger partial charge in [-0.1, -0.05) is 54.6 Å². The van der Waals surface area contributed by atoms with Crippen molar-refractivity contribution >= 4 is 0 Å². The summed E-state index contributed by atoms with van der Waals surface area (Å²) in [5, 5.41) is 4.33. The third-order valence-corrected chi connectivity index (χ3v) is 5.31. The van der Waals surface area contributed by atoms with Crippen LogP contribution in [0.25, 0.3) is 22.6 Å². The number of rotatable bonds is 5. The molecule has 0 aliphatic carbocycles. The van der Waals surface area contributed by atoms with Gasteiger partial charge in [-0.3, -0.25) is 14.4 Å². The number of aromatic amines is 1. The minimum atomic E-state index is -0.147. The molecule has 4 aromatic rings. The van der Waals surface area contributed by atoms with Crippen LogP contribution >= 0.6 is 0 Å². The average Bonchev–Trinajstić information content (AvgIpc) is 3.25. The Kier molecular flexibility index (Phi) is 4.54. The molecular formula is C23H21N5O. The van der Waals surface area contributed by atoms with Crippen molar-refractivity contribution in [1.29, 1.82) is 0 Å². The Bertz CT molecular complexity index is 1160. The molecule has 1 aliphatic heterocycles. The van der Waals surface area contributed by atoms with E-state index >= 15 is 0 Å². The number of hydrogen-bond donors (Lipinski definition) is 1. The van der Waals surface area contributed by atoms with Crippen LogP contribution in [0.15, 0.2) is 83.9 Å². The third kappa shape index (κ3) is 3.62. The number of aromatic nitrogens is 4. The Morgan fingerprint density at radius 3 is 2.59 bits per heavy atom. The van der Waals surface area contributed by atoms with Gasteiger partial charge < -0.3 is 4.98 Å². The molecule has 0 spiro atoms. The van der Waals surface area contributed by atoms with E-state index in [-0.39, 0.29) is 5.56 Å². The molecule has 0 saturated carbocycles. The number of hydrogen-bond acceptors (Lipinski definition) is 4. The summed E-state index contributed by atoms with van der Waals surface area (Å²) in [4.78, 5) is 22.4. The summed E-state index contributed by atoms with van der Waals surface area (Å²) in [5.74, 6) is 0.608. The van der Waals surface area contributed by atoms with Crippen LogP contribution in [0.2, 0.25) is 0 Å². The second-order valence-electron chi connectivity index (χ2n) is 7.34. The molecular weight excluding hydrogens is 362 g/mol. The number of benzene rings is 2. The average molecular weight is 383 g/mol. The number of nitrogens with zero attached hydrogens (tertiary/aromatic N) is 4. The monoisotopic (exact) mass is 383 g/mol. The van der Waals surface area contributed by atoms with Gasteiger partial charge in [0.25, 0.3) is 5.56 Å². The Morgan fingerprint density at radius 2 is 1.79 bits per heavy atom. The van der Waals surface area contributed by atoms with Crippen LogP contribution in [0, 0.1) is 0 Å². The van der Waals surface area contributed by atoms with Gasteiger partial charge in [-0.2, -0.15) is 5.10 Å². The summed E-state index contributed by atoms with van der Waals surface area (Å²) in [6.07, 6.45) is 3.83. The van der Waals surface area contributed by atoms with Crippen molar-refractivity contribution in [2.75, 3.05) is 13.1 Å². The van der Waals surface area contributed by atoms with Crippen molar-refractivity contribution in [2.45, 2.75) is 12.6 Å². The molecule has 1 saturated heterocycles. The van der Waals surface area contributed by atoms with Crippen LogP contribution < -0.4 is 5.56 Å². The van der Waals surface area contributed by atoms with Crippen molar-refractivity contribution in [1.82, 2.24) is 24.6 Å². The second kappa shape index (κ2) is 7.48. The molecule has 144 valence electrons. The van der Waals surface area contributed by atoms with Gasteiger partial charge in [-0.15, -0.1) is 0 Å². The van der Waals surface area contributed by atoms with Gasteiger partial charge in [-0.05, 0) is 11.6 Å². The molecule has 5 rings (SSSR count). The van der Waals surface area contributed by atoms with Crippen molar-refractivity contribution in [3.8, 4) is 22.6 Å². The van der Waals surface area contributed by atoms with E-state index in [0.717, 1.165) is 36.3 Å². The largest absolute Gasteiger partial charge is 0.306 e. The van der Waals surface area contributed by atoms with E-state index < -0.39 is 0 Å². The van der Waals surface area contributed by atoms with Gasteiger partial charge in [0.1, 0.15) is 5.82 Å². The molecule has 1 N–H and O–H groups in total. The molecule has 29 heavy (non-hydrogen) atoms. The zero-order chi connectivity index (χ0) is 19.6. The summed E-state index contributed by atoms with van der Waals surface area (Å²) in [7, 11) is 0. The normalized spacial score (nSPS) is 14.6. The van der Waals surface area contributed by atoms with E-state index in [1.807, 2.05) is 71.7 Å². The summed E-state index contributed by atoms with van der Waals surface area (Å²) < 4.78 is 2.02. The molecule has 0 unspecified atom stereocenters.